The number of oxazole rings is 1. The number of nitrogens with two attached hydrogens (primary N) is 1. The molecule has 39 heavy (non-hydrogen) atoms. The number of rotatable bonds is 8. The second kappa shape index (κ2) is 11.1. The predicted octanol–water partition coefficient (Wildman–Crippen LogP) is 4.48. The van der Waals surface area contributed by atoms with Crippen LogP contribution in [0.2, 0.25) is 0 Å². The van der Waals surface area contributed by atoms with Crippen LogP contribution in [-0.2, 0) is 17.4 Å². The number of hydrogen-bond acceptors (Lipinski definition) is 7. The molecule has 0 bridgehead atoms. The van der Waals surface area contributed by atoms with Gasteiger partial charge in [-0.15, -0.1) is 0 Å². The summed E-state index contributed by atoms with van der Waals surface area (Å²) in [5.74, 6) is -0.833. The number of ether oxygens (including phenoxy) is 1. The number of nitrogens with zero attached hydrogens (tertiary/aromatic N) is 2. The Bertz CT molecular complexity index is 1530. The van der Waals surface area contributed by atoms with Crippen LogP contribution in [0.5, 0.6) is 5.75 Å². The molecule has 204 valence electrons. The molecule has 4 aromatic rings. The lowest BCUT2D eigenvalue weighted by Gasteiger charge is -2.15. The SMILES string of the molecule is COc1ccc(-c2nc(C(=O)N[C@H](C)C(=O)Nc3ccccc3C)c(CCN)o2)c2ccc(C(F)(F)F)nc12. The number of para-hydroxylation sites is 1. The van der Waals surface area contributed by atoms with Gasteiger partial charge in [0.05, 0.1) is 7.11 Å². The quantitative estimate of drug-likeness (QED) is 0.300. The Morgan fingerprint density at radius 2 is 1.85 bits per heavy atom. The summed E-state index contributed by atoms with van der Waals surface area (Å²) in [4.78, 5) is 33.9. The summed E-state index contributed by atoms with van der Waals surface area (Å²) in [6.07, 6.45) is -4.50. The highest BCUT2D eigenvalue weighted by Crippen LogP contribution is 2.37. The molecule has 12 heteroatoms. The van der Waals surface area contributed by atoms with Crippen molar-refractivity contribution < 1.29 is 31.9 Å². The van der Waals surface area contributed by atoms with E-state index >= 15 is 0 Å². The van der Waals surface area contributed by atoms with E-state index in [-0.39, 0.29) is 47.0 Å². The van der Waals surface area contributed by atoms with Crippen molar-refractivity contribution in [2.24, 2.45) is 5.73 Å². The van der Waals surface area contributed by atoms with Crippen LogP contribution in [0.4, 0.5) is 18.9 Å². The molecule has 0 aliphatic carbocycles. The van der Waals surface area contributed by atoms with Crippen molar-refractivity contribution in [3.63, 3.8) is 0 Å². The number of halogens is 3. The van der Waals surface area contributed by atoms with Crippen LogP contribution in [-0.4, -0.2) is 41.5 Å². The molecule has 0 saturated carbocycles. The molecule has 0 radical (unpaired) electrons. The number of aryl methyl sites for hydroxylation is 1. The molecular formula is C27H26F3N5O4. The third-order valence-electron chi connectivity index (χ3n) is 5.99. The molecule has 4 rings (SSSR count). The molecule has 0 fully saturated rings. The Hall–Kier alpha value is -4.45. The molecule has 0 aliphatic rings. The fraction of sp³-hybridized carbons (Fsp3) is 0.259. The van der Waals surface area contributed by atoms with E-state index in [0.717, 1.165) is 11.6 Å². The molecule has 0 unspecified atom stereocenters. The Kier molecular flexibility index (Phi) is 7.86. The van der Waals surface area contributed by atoms with Gasteiger partial charge < -0.3 is 25.5 Å². The standard InChI is InChI=1S/C27H26F3N5O4/c1-14-6-4-5-7-18(14)33-24(36)15(2)32-25(37)23-20(12-13-31)39-26(35-23)17-8-10-19(38-3)22-16(17)9-11-21(34-22)27(28,29)30/h4-11,15H,12-13,31H2,1-3H3,(H,32,37)(H,33,36)/t15-/m1/s1. The maximum atomic E-state index is 13.3. The van der Waals surface area contributed by atoms with Gasteiger partial charge in [-0.1, -0.05) is 18.2 Å². The normalized spacial score (nSPS) is 12.3. The minimum absolute atomic E-state index is 0.0187. The second-order valence-corrected chi connectivity index (χ2v) is 8.73. The van der Waals surface area contributed by atoms with Gasteiger partial charge in [-0.2, -0.15) is 13.2 Å². The van der Waals surface area contributed by atoms with E-state index in [0.29, 0.717) is 11.3 Å². The summed E-state index contributed by atoms with van der Waals surface area (Å²) in [6, 6.07) is 11.4. The third-order valence-corrected chi connectivity index (χ3v) is 5.99. The van der Waals surface area contributed by atoms with Crippen LogP contribution in [0.25, 0.3) is 22.4 Å². The van der Waals surface area contributed by atoms with Gasteiger partial charge in [0.15, 0.2) is 5.69 Å². The minimum Gasteiger partial charge on any atom is -0.494 e. The average molecular weight is 542 g/mol. The number of alkyl halides is 3. The predicted molar refractivity (Wildman–Crippen MR) is 138 cm³/mol. The van der Waals surface area contributed by atoms with Crippen molar-refractivity contribution in [1.82, 2.24) is 15.3 Å². The molecule has 9 nitrogen and oxygen atoms in total. The fourth-order valence-corrected chi connectivity index (χ4v) is 3.93. The van der Waals surface area contributed by atoms with Crippen LogP contribution >= 0.6 is 0 Å². The lowest BCUT2D eigenvalue weighted by Crippen LogP contribution is -2.42. The lowest BCUT2D eigenvalue weighted by molar-refractivity contribution is -0.141. The Balaban J connectivity index is 1.66. The number of nitrogens with one attached hydrogen (secondary N) is 2. The first-order valence-corrected chi connectivity index (χ1v) is 12.0. The number of carbonyl (C=O) groups excluding carboxylic acids is 2. The number of aromatic nitrogens is 2. The Morgan fingerprint density at radius 3 is 2.51 bits per heavy atom. The number of methoxy groups -OCH3 is 1. The smallest absolute Gasteiger partial charge is 0.433 e. The van der Waals surface area contributed by atoms with E-state index < -0.39 is 29.7 Å². The van der Waals surface area contributed by atoms with Gasteiger partial charge in [-0.25, -0.2) is 9.97 Å². The maximum Gasteiger partial charge on any atom is 0.433 e. The number of pyridine rings is 1. The van der Waals surface area contributed by atoms with Gasteiger partial charge in [-0.3, -0.25) is 9.59 Å². The Labute approximate surface area is 221 Å². The first kappa shape index (κ1) is 27.6. The summed E-state index contributed by atoms with van der Waals surface area (Å²) in [6.45, 7) is 3.51. The van der Waals surface area contributed by atoms with E-state index in [1.807, 2.05) is 19.1 Å². The zero-order chi connectivity index (χ0) is 28.3. The summed E-state index contributed by atoms with van der Waals surface area (Å²) in [5, 5.41) is 5.65. The van der Waals surface area contributed by atoms with Gasteiger partial charge >= 0.3 is 6.18 Å². The highest BCUT2D eigenvalue weighted by atomic mass is 19.4. The van der Waals surface area contributed by atoms with E-state index in [9.17, 15) is 22.8 Å². The molecular weight excluding hydrogens is 515 g/mol. The van der Waals surface area contributed by atoms with Crippen molar-refractivity contribution >= 4 is 28.4 Å². The number of amides is 2. The van der Waals surface area contributed by atoms with Gasteiger partial charge in [0.2, 0.25) is 11.8 Å². The first-order valence-electron chi connectivity index (χ1n) is 12.0. The van der Waals surface area contributed by atoms with Crippen molar-refractivity contribution in [2.45, 2.75) is 32.5 Å². The molecule has 2 aromatic carbocycles. The maximum absolute atomic E-state index is 13.3. The van der Waals surface area contributed by atoms with Gasteiger partial charge in [-0.05, 0) is 56.3 Å². The van der Waals surface area contributed by atoms with Gasteiger partial charge in [0.1, 0.15) is 28.8 Å². The zero-order valence-electron chi connectivity index (χ0n) is 21.3. The van der Waals surface area contributed by atoms with Gasteiger partial charge in [0, 0.05) is 23.1 Å². The first-order chi connectivity index (χ1) is 18.5. The van der Waals surface area contributed by atoms with Crippen molar-refractivity contribution in [2.75, 3.05) is 19.0 Å². The van der Waals surface area contributed by atoms with Crippen molar-refractivity contribution in [1.29, 1.82) is 0 Å². The van der Waals surface area contributed by atoms with Crippen molar-refractivity contribution in [3.8, 4) is 17.2 Å². The number of fused-ring (bicyclic) bond motifs is 1. The zero-order valence-corrected chi connectivity index (χ0v) is 21.3. The van der Waals surface area contributed by atoms with E-state index in [4.69, 9.17) is 14.9 Å². The fourth-order valence-electron chi connectivity index (χ4n) is 3.93. The van der Waals surface area contributed by atoms with Crippen LogP contribution in [0.1, 0.15) is 34.4 Å². The minimum atomic E-state index is -4.65. The molecule has 2 aromatic heterocycles. The number of benzene rings is 2. The summed E-state index contributed by atoms with van der Waals surface area (Å²) >= 11 is 0. The summed E-state index contributed by atoms with van der Waals surface area (Å²) in [7, 11) is 1.32. The van der Waals surface area contributed by atoms with Crippen LogP contribution in [0, 0.1) is 6.92 Å². The summed E-state index contributed by atoms with van der Waals surface area (Å²) < 4.78 is 50.9. The van der Waals surface area contributed by atoms with E-state index in [2.05, 4.69) is 20.6 Å². The molecule has 0 saturated heterocycles. The van der Waals surface area contributed by atoms with Crippen LogP contribution in [0.15, 0.2) is 52.9 Å². The van der Waals surface area contributed by atoms with Crippen molar-refractivity contribution in [3.05, 3.63) is 71.2 Å². The highest BCUT2D eigenvalue weighted by Gasteiger charge is 2.33. The van der Waals surface area contributed by atoms with E-state index in [1.54, 1.807) is 18.2 Å². The van der Waals surface area contributed by atoms with Gasteiger partial charge in [0.25, 0.3) is 5.91 Å². The number of carbonyl (C=O) groups is 2. The highest BCUT2D eigenvalue weighted by molar-refractivity contribution is 6.02. The Morgan fingerprint density at radius 1 is 1.10 bits per heavy atom. The molecule has 0 aliphatic heterocycles. The monoisotopic (exact) mass is 541 g/mol. The second-order valence-electron chi connectivity index (χ2n) is 8.73. The summed E-state index contributed by atoms with van der Waals surface area (Å²) in [5.41, 5.74) is 6.26. The third kappa shape index (κ3) is 5.85. The van der Waals surface area contributed by atoms with Crippen LogP contribution in [0.3, 0.4) is 0 Å². The largest absolute Gasteiger partial charge is 0.494 e. The topological polar surface area (TPSA) is 132 Å². The van der Waals surface area contributed by atoms with Crippen LogP contribution < -0.4 is 21.1 Å². The van der Waals surface area contributed by atoms with E-state index in [1.165, 1.54) is 26.2 Å². The molecule has 2 heterocycles. The number of hydrogen-bond donors (Lipinski definition) is 3. The average Bonchev–Trinajstić information content (AvgIpc) is 3.32. The molecule has 0 spiro atoms. The molecule has 1 atom stereocenters. The lowest BCUT2D eigenvalue weighted by atomic mass is 10.1. The number of anilines is 1. The molecule has 2 amide bonds. The molecule has 4 N–H and O–H groups in total.